The maximum atomic E-state index is 11.7. The number of carbonyl (C=O) groups excluding carboxylic acids is 2. The topological polar surface area (TPSA) is 52.6 Å². The summed E-state index contributed by atoms with van der Waals surface area (Å²) >= 11 is 0. The molecule has 1 aromatic rings. The van der Waals surface area contributed by atoms with Gasteiger partial charge in [-0.25, -0.2) is 9.59 Å². The number of esters is 2. The third-order valence-corrected chi connectivity index (χ3v) is 2.82. The molecule has 4 nitrogen and oxygen atoms in total. The Bertz CT molecular complexity index is 387. The van der Waals surface area contributed by atoms with Crippen molar-refractivity contribution in [3.8, 4) is 0 Å². The summed E-state index contributed by atoms with van der Waals surface area (Å²) in [4.78, 5) is 23.3. The molecular weight excluding hydrogens is 389 g/mol. The summed E-state index contributed by atoms with van der Waals surface area (Å²) in [6, 6.07) is 6.35. The van der Waals surface area contributed by atoms with Crippen molar-refractivity contribution in [3.63, 3.8) is 0 Å². The van der Waals surface area contributed by atoms with Crippen molar-refractivity contribution in [2.45, 2.75) is 39.5 Å². The first-order chi connectivity index (χ1) is 9.69. The molecule has 0 aliphatic rings. The molecule has 0 fully saturated rings. The molecule has 1 rings (SSSR count). The maximum absolute atomic E-state index is 11.7. The van der Waals surface area contributed by atoms with Gasteiger partial charge in [0, 0.05) is 0 Å². The van der Waals surface area contributed by atoms with Crippen LogP contribution < -0.4 is 0 Å². The summed E-state index contributed by atoms with van der Waals surface area (Å²) in [5, 5.41) is 0. The third-order valence-electron chi connectivity index (χ3n) is 2.82. The molecule has 0 unspecified atom stereocenters. The monoisotopic (exact) mass is 412 g/mol. The van der Waals surface area contributed by atoms with Crippen molar-refractivity contribution >= 4 is 80.8 Å². The van der Waals surface area contributed by atoms with Gasteiger partial charge in [0.05, 0.1) is 24.3 Å². The van der Waals surface area contributed by atoms with Crippen molar-refractivity contribution < 1.29 is 19.1 Å². The van der Waals surface area contributed by atoms with Gasteiger partial charge in [-0.15, -0.1) is 0 Å². The predicted octanol–water partition coefficient (Wildman–Crippen LogP) is 2.95. The van der Waals surface area contributed by atoms with E-state index in [-0.39, 0.29) is 80.8 Å². The first-order valence-corrected chi connectivity index (χ1v) is 7.13. The molecule has 0 atom stereocenters. The van der Waals surface area contributed by atoms with E-state index in [1.54, 1.807) is 24.3 Å². The number of hydrogen-bond acceptors (Lipinski definition) is 4. The number of hydrogen-bond donors (Lipinski definition) is 0. The van der Waals surface area contributed by atoms with Crippen molar-refractivity contribution in [1.29, 1.82) is 0 Å². The fraction of sp³-hybridized carbons (Fsp3) is 0.500. The molecular formula is C16H23CsO4. The first kappa shape index (κ1) is 21.2. The van der Waals surface area contributed by atoms with Crippen LogP contribution in [-0.4, -0.2) is 94.0 Å². The van der Waals surface area contributed by atoms with Crippen LogP contribution in [0.3, 0.4) is 0 Å². The summed E-state index contributed by atoms with van der Waals surface area (Å²) in [7, 11) is 0. The van der Waals surface area contributed by atoms with E-state index in [0.29, 0.717) is 24.3 Å². The standard InChI is InChI=1S/C16H22O4.Cs.H/c1-3-5-11-19-15(17)13-7-9-14(10-8-13)16(18)20-12-6-4-2;;/h7-10H,3-6,11-12H2,1-2H3;;. The van der Waals surface area contributed by atoms with E-state index in [0.717, 1.165) is 25.7 Å². The molecule has 0 bridgehead atoms. The summed E-state index contributed by atoms with van der Waals surface area (Å²) in [5.74, 6) is -0.714. The van der Waals surface area contributed by atoms with Gasteiger partial charge < -0.3 is 9.47 Å². The molecule has 0 spiro atoms. The summed E-state index contributed by atoms with van der Waals surface area (Å²) in [6.07, 6.45) is 3.67. The summed E-state index contributed by atoms with van der Waals surface area (Å²) in [6.45, 7) is 4.92. The number of ether oxygens (including phenoxy) is 2. The van der Waals surface area contributed by atoms with Crippen LogP contribution in [-0.2, 0) is 9.47 Å². The zero-order chi connectivity index (χ0) is 14.8. The van der Waals surface area contributed by atoms with Crippen LogP contribution in [0.1, 0.15) is 60.2 Å². The molecule has 0 aliphatic carbocycles. The van der Waals surface area contributed by atoms with Crippen LogP contribution in [0.5, 0.6) is 0 Å². The van der Waals surface area contributed by atoms with E-state index < -0.39 is 0 Å². The Morgan fingerprint density at radius 1 is 0.810 bits per heavy atom. The first-order valence-electron chi connectivity index (χ1n) is 7.13. The minimum atomic E-state index is -0.357. The number of carbonyl (C=O) groups is 2. The van der Waals surface area contributed by atoms with Gasteiger partial charge in [0.1, 0.15) is 0 Å². The third kappa shape index (κ3) is 8.42. The van der Waals surface area contributed by atoms with Gasteiger partial charge in [0.15, 0.2) is 0 Å². The van der Waals surface area contributed by atoms with Crippen molar-refractivity contribution in [3.05, 3.63) is 35.4 Å². The van der Waals surface area contributed by atoms with Crippen molar-refractivity contribution in [1.82, 2.24) is 0 Å². The van der Waals surface area contributed by atoms with E-state index in [1.807, 2.05) is 13.8 Å². The Morgan fingerprint density at radius 3 is 1.43 bits per heavy atom. The Kier molecular flexibility index (Phi) is 12.9. The Hall–Kier alpha value is 0.212. The molecule has 0 saturated heterocycles. The number of unbranched alkanes of at least 4 members (excludes halogenated alkanes) is 2. The van der Waals surface area contributed by atoms with E-state index in [9.17, 15) is 9.59 Å². The fourth-order valence-corrected chi connectivity index (χ4v) is 1.53. The van der Waals surface area contributed by atoms with Gasteiger partial charge >= 0.3 is 80.8 Å². The minimum absolute atomic E-state index is 0. The average molecular weight is 412 g/mol. The van der Waals surface area contributed by atoms with Crippen LogP contribution in [0.25, 0.3) is 0 Å². The summed E-state index contributed by atoms with van der Waals surface area (Å²) < 4.78 is 10.2. The second-order valence-electron chi connectivity index (χ2n) is 4.56. The van der Waals surface area contributed by atoms with Gasteiger partial charge in [-0.1, -0.05) is 26.7 Å². The van der Waals surface area contributed by atoms with E-state index in [1.165, 1.54) is 0 Å². The fourth-order valence-electron chi connectivity index (χ4n) is 1.53. The molecule has 0 saturated carbocycles. The van der Waals surface area contributed by atoms with Gasteiger partial charge in [0.2, 0.25) is 0 Å². The zero-order valence-electron chi connectivity index (χ0n) is 12.2. The second kappa shape index (κ2) is 12.7. The molecule has 0 N–H and O–H groups in total. The van der Waals surface area contributed by atoms with Crippen LogP contribution >= 0.6 is 0 Å². The molecule has 5 heteroatoms. The average Bonchev–Trinajstić information content (AvgIpc) is 2.47. The molecule has 0 aliphatic heterocycles. The Balaban J connectivity index is 0.00000400. The number of benzene rings is 1. The van der Waals surface area contributed by atoms with E-state index in [4.69, 9.17) is 9.47 Å². The molecule has 0 aromatic heterocycles. The van der Waals surface area contributed by atoms with Crippen LogP contribution in [0, 0.1) is 0 Å². The van der Waals surface area contributed by atoms with Gasteiger partial charge in [-0.05, 0) is 37.1 Å². The summed E-state index contributed by atoms with van der Waals surface area (Å²) in [5.41, 5.74) is 0.900. The van der Waals surface area contributed by atoms with Crippen LogP contribution in [0.15, 0.2) is 24.3 Å². The number of rotatable bonds is 8. The molecule has 0 heterocycles. The predicted molar refractivity (Wildman–Crippen MR) is 84.0 cm³/mol. The second-order valence-corrected chi connectivity index (χ2v) is 4.56. The van der Waals surface area contributed by atoms with Gasteiger partial charge in [-0.2, -0.15) is 0 Å². The van der Waals surface area contributed by atoms with Gasteiger partial charge in [-0.3, -0.25) is 0 Å². The molecule has 1 aromatic carbocycles. The van der Waals surface area contributed by atoms with Crippen molar-refractivity contribution in [2.24, 2.45) is 0 Å². The normalized spacial score (nSPS) is 9.62. The molecule has 0 amide bonds. The molecule has 0 radical (unpaired) electrons. The van der Waals surface area contributed by atoms with Gasteiger partial charge in [0.25, 0.3) is 0 Å². The quantitative estimate of drug-likeness (QED) is 0.487. The van der Waals surface area contributed by atoms with E-state index >= 15 is 0 Å². The Labute approximate surface area is 185 Å². The van der Waals surface area contributed by atoms with Crippen LogP contribution in [0.2, 0.25) is 0 Å². The Morgan fingerprint density at radius 2 is 1.14 bits per heavy atom. The SMILES string of the molecule is CCCCOC(=O)c1ccc(C(=O)OCCCC)cc1.[CsH]. The molecule has 112 valence electrons. The van der Waals surface area contributed by atoms with Crippen LogP contribution in [0.4, 0.5) is 0 Å². The van der Waals surface area contributed by atoms with E-state index in [2.05, 4.69) is 0 Å². The van der Waals surface area contributed by atoms with Crippen molar-refractivity contribution in [2.75, 3.05) is 13.2 Å². The zero-order valence-corrected chi connectivity index (χ0v) is 12.2. The molecule has 21 heavy (non-hydrogen) atoms.